The molecule has 1 aliphatic carbocycles. The standard InChI is InChI=1S/C8H13NO3/c1-4-5-2-6(7(10)3-5)9(4)8(11)12/h4-7,10H,2-3H2,1H3,(H,11,12)/t4-,5-,6+,7?/m1/s1/i3D2. The Kier molecular flexibility index (Phi) is 1.14. The first-order valence-electron chi connectivity index (χ1n) is 5.06. The molecule has 1 heterocycles. The molecule has 2 N–H and O–H groups in total. The van der Waals surface area contributed by atoms with Gasteiger partial charge in [-0.2, -0.15) is 0 Å². The van der Waals surface area contributed by atoms with Crippen LogP contribution in [0, 0.1) is 5.92 Å². The van der Waals surface area contributed by atoms with Crippen LogP contribution in [0.25, 0.3) is 0 Å². The molecule has 1 saturated carbocycles. The lowest BCUT2D eigenvalue weighted by Crippen LogP contribution is -2.48. The summed E-state index contributed by atoms with van der Waals surface area (Å²) in [6.45, 7) is 1.70. The summed E-state index contributed by atoms with van der Waals surface area (Å²) < 4.78 is 15.3. The highest BCUT2D eigenvalue weighted by Crippen LogP contribution is 2.42. The fourth-order valence-electron chi connectivity index (χ4n) is 2.20. The topological polar surface area (TPSA) is 60.8 Å². The average molecular weight is 173 g/mol. The molecule has 1 unspecified atom stereocenters. The van der Waals surface area contributed by atoms with Crippen LogP contribution < -0.4 is 0 Å². The first kappa shape index (κ1) is 5.80. The molecule has 2 fully saturated rings. The Hall–Kier alpha value is -0.770. The molecule has 2 rings (SSSR count). The van der Waals surface area contributed by atoms with E-state index in [1.54, 1.807) is 6.92 Å². The number of aliphatic hydroxyl groups excluding tert-OH is 1. The molecule has 2 aliphatic rings. The predicted molar refractivity (Wildman–Crippen MR) is 41.8 cm³/mol. The Bertz CT molecular complexity index is 284. The summed E-state index contributed by atoms with van der Waals surface area (Å²) in [5.74, 6) is -0.376. The van der Waals surface area contributed by atoms with Gasteiger partial charge >= 0.3 is 6.09 Å². The van der Waals surface area contributed by atoms with Crippen LogP contribution in [0.3, 0.4) is 0 Å². The average Bonchev–Trinajstić information content (AvgIpc) is 2.49. The van der Waals surface area contributed by atoms with E-state index in [-0.39, 0.29) is 12.0 Å². The van der Waals surface area contributed by atoms with Crippen LogP contribution in [0.4, 0.5) is 4.79 Å². The Morgan fingerprint density at radius 2 is 2.42 bits per heavy atom. The van der Waals surface area contributed by atoms with Gasteiger partial charge in [-0.05, 0) is 25.6 Å². The van der Waals surface area contributed by atoms with Gasteiger partial charge in [0.25, 0.3) is 0 Å². The summed E-state index contributed by atoms with van der Waals surface area (Å²) in [5, 5.41) is 18.5. The third-order valence-corrected chi connectivity index (χ3v) is 2.84. The molecule has 4 heteroatoms. The van der Waals surface area contributed by atoms with Gasteiger partial charge in [0.1, 0.15) is 0 Å². The Labute approximate surface area is 73.6 Å². The van der Waals surface area contributed by atoms with Crippen molar-refractivity contribution in [2.24, 2.45) is 5.92 Å². The van der Waals surface area contributed by atoms with Gasteiger partial charge in [0.2, 0.25) is 0 Å². The number of aliphatic hydroxyl groups is 1. The van der Waals surface area contributed by atoms with Crippen LogP contribution in [0.1, 0.15) is 22.5 Å². The number of hydrogen-bond donors (Lipinski definition) is 2. The Balaban J connectivity index is 2.31. The van der Waals surface area contributed by atoms with Crippen LogP contribution in [0.5, 0.6) is 0 Å². The Morgan fingerprint density at radius 3 is 2.92 bits per heavy atom. The molecular weight excluding hydrogens is 158 g/mol. The number of carboxylic acid groups (broad SMARTS) is 1. The molecule has 2 bridgehead atoms. The third-order valence-electron chi connectivity index (χ3n) is 2.84. The number of hydrogen-bond acceptors (Lipinski definition) is 2. The molecule has 0 radical (unpaired) electrons. The first-order chi connectivity index (χ1) is 6.37. The number of rotatable bonds is 0. The van der Waals surface area contributed by atoms with Gasteiger partial charge in [0, 0.05) is 8.78 Å². The molecule has 0 aromatic carbocycles. The second-order valence-corrected chi connectivity index (χ2v) is 3.45. The molecule has 1 aliphatic heterocycles. The van der Waals surface area contributed by atoms with Crippen molar-refractivity contribution in [1.82, 2.24) is 4.90 Å². The SMILES string of the molecule is [2H]C1([2H])C(O)[C@@H]2C[C@H]1[C@@H](C)N2C(=O)O. The van der Waals surface area contributed by atoms with Gasteiger partial charge in [-0.3, -0.25) is 4.90 Å². The maximum atomic E-state index is 10.9. The first-order valence-corrected chi connectivity index (χ1v) is 4.06. The molecule has 0 aromatic heterocycles. The molecule has 1 amide bonds. The van der Waals surface area contributed by atoms with Gasteiger partial charge < -0.3 is 10.2 Å². The summed E-state index contributed by atoms with van der Waals surface area (Å²) in [6, 6.07) is -0.904. The number of fused-ring (bicyclic) bond motifs is 2. The molecule has 0 aromatic rings. The van der Waals surface area contributed by atoms with Crippen LogP contribution >= 0.6 is 0 Å². The quantitative estimate of drug-likeness (QED) is 0.561. The zero-order valence-corrected chi connectivity index (χ0v) is 6.77. The van der Waals surface area contributed by atoms with E-state index in [1.807, 2.05) is 0 Å². The molecule has 68 valence electrons. The van der Waals surface area contributed by atoms with Gasteiger partial charge in [-0.1, -0.05) is 0 Å². The number of likely N-dealkylation sites (tertiary alicyclic amines) is 1. The highest BCUT2D eigenvalue weighted by molar-refractivity contribution is 5.67. The smallest absolute Gasteiger partial charge is 0.407 e. The number of nitrogens with zero attached hydrogens (tertiary/aromatic N) is 1. The maximum Gasteiger partial charge on any atom is 0.407 e. The maximum absolute atomic E-state index is 10.9. The Morgan fingerprint density at radius 1 is 1.75 bits per heavy atom. The largest absolute Gasteiger partial charge is 0.465 e. The van der Waals surface area contributed by atoms with Crippen molar-refractivity contribution in [3.05, 3.63) is 0 Å². The van der Waals surface area contributed by atoms with E-state index < -0.39 is 24.6 Å². The minimum atomic E-state index is -1.64. The van der Waals surface area contributed by atoms with Crippen molar-refractivity contribution in [1.29, 1.82) is 0 Å². The van der Waals surface area contributed by atoms with E-state index in [4.69, 9.17) is 7.85 Å². The monoisotopic (exact) mass is 173 g/mol. The van der Waals surface area contributed by atoms with Crippen LogP contribution in [-0.2, 0) is 0 Å². The minimum Gasteiger partial charge on any atom is -0.465 e. The molecular formula is C8H13NO3. The van der Waals surface area contributed by atoms with E-state index >= 15 is 0 Å². The van der Waals surface area contributed by atoms with Gasteiger partial charge in [-0.15, -0.1) is 0 Å². The van der Waals surface area contributed by atoms with E-state index in [9.17, 15) is 9.90 Å². The lowest BCUT2D eigenvalue weighted by molar-refractivity contribution is 0.0331. The summed E-state index contributed by atoms with van der Waals surface area (Å²) >= 11 is 0. The van der Waals surface area contributed by atoms with Crippen molar-refractivity contribution < 1.29 is 17.7 Å². The number of amides is 1. The van der Waals surface area contributed by atoms with Gasteiger partial charge in [-0.25, -0.2) is 4.79 Å². The number of carbonyl (C=O) groups is 1. The van der Waals surface area contributed by atoms with Crippen LogP contribution in [0.2, 0.25) is 0 Å². The fourth-order valence-corrected chi connectivity index (χ4v) is 2.20. The summed E-state index contributed by atoms with van der Waals surface area (Å²) in [5.41, 5.74) is 0. The fraction of sp³-hybridized carbons (Fsp3) is 0.875. The summed E-state index contributed by atoms with van der Waals surface area (Å²) in [4.78, 5) is 12.0. The third kappa shape index (κ3) is 0.843. The second-order valence-electron chi connectivity index (χ2n) is 3.45. The van der Waals surface area contributed by atoms with Crippen LogP contribution in [0.15, 0.2) is 0 Å². The van der Waals surface area contributed by atoms with Gasteiger partial charge in [0.05, 0.1) is 12.1 Å². The van der Waals surface area contributed by atoms with E-state index in [2.05, 4.69) is 0 Å². The second kappa shape index (κ2) is 2.36. The molecule has 4 nitrogen and oxygen atoms in total. The van der Waals surface area contributed by atoms with E-state index in [0.717, 1.165) is 0 Å². The van der Waals surface area contributed by atoms with Crippen molar-refractivity contribution in [2.45, 2.75) is 37.9 Å². The number of piperidine rings is 1. The van der Waals surface area contributed by atoms with Crippen molar-refractivity contribution in [2.75, 3.05) is 0 Å². The lowest BCUT2D eigenvalue weighted by atomic mass is 10.00. The van der Waals surface area contributed by atoms with E-state index in [0.29, 0.717) is 6.42 Å². The molecule has 12 heavy (non-hydrogen) atoms. The zero-order valence-electron chi connectivity index (χ0n) is 8.77. The lowest BCUT2D eigenvalue weighted by Gasteiger charge is -2.33. The van der Waals surface area contributed by atoms with Crippen LogP contribution in [-0.4, -0.2) is 39.4 Å². The van der Waals surface area contributed by atoms with Crippen molar-refractivity contribution in [3.63, 3.8) is 0 Å². The van der Waals surface area contributed by atoms with Crippen molar-refractivity contribution >= 4 is 6.09 Å². The summed E-state index contributed by atoms with van der Waals surface area (Å²) in [6.07, 6.45) is -3.46. The molecule has 4 atom stereocenters. The zero-order chi connectivity index (χ0) is 10.7. The highest BCUT2D eigenvalue weighted by Gasteiger charge is 2.50. The predicted octanol–water partition coefficient (Wildman–Crippen LogP) is 0.508. The highest BCUT2D eigenvalue weighted by atomic mass is 16.4. The normalized spacial score (nSPS) is 52.0. The molecule has 0 spiro atoms. The summed E-state index contributed by atoms with van der Waals surface area (Å²) in [7, 11) is 0. The minimum absolute atomic E-state index is 0.337. The molecule has 1 saturated heterocycles. The van der Waals surface area contributed by atoms with Gasteiger partial charge in [0.15, 0.2) is 0 Å². The van der Waals surface area contributed by atoms with Crippen molar-refractivity contribution in [3.8, 4) is 0 Å². The van der Waals surface area contributed by atoms with E-state index in [1.165, 1.54) is 4.90 Å².